The van der Waals surface area contributed by atoms with Crippen molar-refractivity contribution in [1.29, 1.82) is 0 Å². The van der Waals surface area contributed by atoms with Gasteiger partial charge in [-0.2, -0.15) is 0 Å². The Labute approximate surface area is 157 Å². The van der Waals surface area contributed by atoms with E-state index < -0.39 is 0 Å². The van der Waals surface area contributed by atoms with Crippen molar-refractivity contribution in [3.63, 3.8) is 0 Å². The molecule has 1 atom stereocenters. The van der Waals surface area contributed by atoms with Gasteiger partial charge in [0, 0.05) is 23.0 Å². The average molecular weight is 366 g/mol. The van der Waals surface area contributed by atoms with Crippen LogP contribution in [0.2, 0.25) is 5.02 Å². The number of esters is 1. The Morgan fingerprint density at radius 2 is 1.84 bits per heavy atom. The number of carbonyl (C=O) groups is 1. The van der Waals surface area contributed by atoms with Crippen LogP contribution in [0, 0.1) is 11.8 Å². The first-order valence-corrected chi connectivity index (χ1v) is 9.89. The van der Waals surface area contributed by atoms with Crippen molar-refractivity contribution in [1.82, 2.24) is 5.32 Å². The number of carbonyl (C=O) groups excluding carboxylic acids is 1. The molecule has 25 heavy (non-hydrogen) atoms. The normalized spacial score (nSPS) is 17.4. The summed E-state index contributed by atoms with van der Waals surface area (Å²) in [5.74, 6) is 0.414. The summed E-state index contributed by atoms with van der Waals surface area (Å²) in [6.45, 7) is 9.39. The van der Waals surface area contributed by atoms with E-state index in [1.807, 2.05) is 26.0 Å². The van der Waals surface area contributed by atoms with E-state index in [4.69, 9.17) is 16.3 Å². The lowest BCUT2D eigenvalue weighted by atomic mass is 9.59. The van der Waals surface area contributed by atoms with Gasteiger partial charge >= 0.3 is 5.97 Å². The summed E-state index contributed by atoms with van der Waals surface area (Å²) in [5, 5.41) is 4.48. The van der Waals surface area contributed by atoms with Gasteiger partial charge in [-0.15, -0.1) is 0 Å². The molecule has 0 aliphatic heterocycles. The van der Waals surface area contributed by atoms with Crippen LogP contribution in [-0.2, 0) is 14.9 Å². The fourth-order valence-electron chi connectivity index (χ4n) is 3.70. The number of hydrogen-bond donors (Lipinski definition) is 1. The predicted octanol–water partition coefficient (Wildman–Crippen LogP) is 4.97. The van der Waals surface area contributed by atoms with E-state index in [9.17, 15) is 4.79 Å². The molecule has 0 saturated heterocycles. The van der Waals surface area contributed by atoms with Gasteiger partial charge in [0.15, 0.2) is 0 Å². The Morgan fingerprint density at radius 3 is 2.32 bits per heavy atom. The van der Waals surface area contributed by atoms with Crippen LogP contribution in [0.1, 0.15) is 58.9 Å². The van der Waals surface area contributed by atoms with Gasteiger partial charge in [-0.1, -0.05) is 57.8 Å². The number of ether oxygens (including phenoxy) is 1. The molecule has 3 nitrogen and oxygen atoms in total. The number of rotatable bonds is 9. The molecule has 140 valence electrons. The maximum absolute atomic E-state index is 11.6. The summed E-state index contributed by atoms with van der Waals surface area (Å²) in [5.41, 5.74) is 1.55. The summed E-state index contributed by atoms with van der Waals surface area (Å²) in [7, 11) is 0. The van der Waals surface area contributed by atoms with Gasteiger partial charge in [0.1, 0.15) is 6.61 Å². The molecule has 1 aromatic carbocycles. The molecule has 0 spiro atoms. The molecule has 2 rings (SSSR count). The summed E-state index contributed by atoms with van der Waals surface area (Å²) in [6, 6.07) is 8.73. The van der Waals surface area contributed by atoms with Gasteiger partial charge in [0.05, 0.1) is 5.92 Å². The summed E-state index contributed by atoms with van der Waals surface area (Å²) in [6.07, 6.45) is 4.78. The zero-order valence-corrected chi connectivity index (χ0v) is 16.7. The first-order valence-electron chi connectivity index (χ1n) is 9.51. The number of benzene rings is 1. The Kier molecular flexibility index (Phi) is 7.33. The fraction of sp³-hybridized carbons (Fsp3) is 0.667. The standard InChI is InChI=1S/C21H32ClNO2/c1-15(2)14-19(23-12-13-25-20(24)16(3)4)21(10-5-11-21)17-6-8-18(22)9-7-17/h6-9,15-16,19,23H,5,10-14H2,1-4H3. The summed E-state index contributed by atoms with van der Waals surface area (Å²) >= 11 is 6.08. The van der Waals surface area contributed by atoms with Crippen LogP contribution in [0.5, 0.6) is 0 Å². The van der Waals surface area contributed by atoms with Crippen LogP contribution in [0.3, 0.4) is 0 Å². The first-order chi connectivity index (χ1) is 11.8. The highest BCUT2D eigenvalue weighted by Crippen LogP contribution is 2.48. The van der Waals surface area contributed by atoms with Crippen LogP contribution in [-0.4, -0.2) is 25.2 Å². The van der Waals surface area contributed by atoms with Crippen LogP contribution in [0.25, 0.3) is 0 Å². The van der Waals surface area contributed by atoms with Crippen LogP contribution >= 0.6 is 11.6 Å². The molecule has 4 heteroatoms. The molecule has 0 radical (unpaired) electrons. The van der Waals surface area contributed by atoms with Crippen molar-refractivity contribution in [2.24, 2.45) is 11.8 Å². The van der Waals surface area contributed by atoms with Gasteiger partial charge in [0.25, 0.3) is 0 Å². The van der Waals surface area contributed by atoms with E-state index >= 15 is 0 Å². The van der Waals surface area contributed by atoms with Gasteiger partial charge in [-0.25, -0.2) is 0 Å². The van der Waals surface area contributed by atoms with Gasteiger partial charge in [0.2, 0.25) is 0 Å². The number of hydrogen-bond acceptors (Lipinski definition) is 3. The third kappa shape index (κ3) is 5.21. The van der Waals surface area contributed by atoms with Crippen molar-refractivity contribution < 1.29 is 9.53 Å². The minimum absolute atomic E-state index is 0.0708. The van der Waals surface area contributed by atoms with Crippen LogP contribution in [0.4, 0.5) is 0 Å². The zero-order valence-electron chi connectivity index (χ0n) is 16.0. The molecule has 1 aliphatic rings. The van der Waals surface area contributed by atoms with Gasteiger partial charge < -0.3 is 10.1 Å². The van der Waals surface area contributed by atoms with E-state index in [1.54, 1.807) is 0 Å². The second-order valence-electron chi connectivity index (χ2n) is 7.98. The average Bonchev–Trinajstić information content (AvgIpc) is 2.51. The smallest absolute Gasteiger partial charge is 0.308 e. The molecule has 1 aromatic rings. The molecular weight excluding hydrogens is 334 g/mol. The molecule has 1 fully saturated rings. The Bertz CT molecular complexity index is 550. The summed E-state index contributed by atoms with van der Waals surface area (Å²) < 4.78 is 5.33. The maximum atomic E-state index is 11.6. The predicted molar refractivity (Wildman–Crippen MR) is 104 cm³/mol. The Hall–Kier alpha value is -1.06. The van der Waals surface area contributed by atoms with Crippen molar-refractivity contribution in [3.05, 3.63) is 34.9 Å². The van der Waals surface area contributed by atoms with E-state index in [0.717, 1.165) is 11.4 Å². The fourth-order valence-corrected chi connectivity index (χ4v) is 3.83. The second-order valence-corrected chi connectivity index (χ2v) is 8.41. The molecule has 0 amide bonds. The molecule has 0 heterocycles. The summed E-state index contributed by atoms with van der Waals surface area (Å²) in [4.78, 5) is 11.6. The van der Waals surface area contributed by atoms with Crippen molar-refractivity contribution in [3.8, 4) is 0 Å². The third-order valence-electron chi connectivity index (χ3n) is 5.25. The van der Waals surface area contributed by atoms with Crippen LogP contribution in [0.15, 0.2) is 24.3 Å². The Balaban J connectivity index is 2.04. The molecule has 0 aromatic heterocycles. The van der Waals surface area contributed by atoms with Gasteiger partial charge in [-0.05, 0) is 42.9 Å². The molecule has 1 saturated carbocycles. The topological polar surface area (TPSA) is 38.3 Å². The van der Waals surface area contributed by atoms with E-state index in [0.29, 0.717) is 25.1 Å². The number of nitrogens with one attached hydrogen (secondary N) is 1. The van der Waals surface area contributed by atoms with Crippen LogP contribution < -0.4 is 5.32 Å². The number of halogens is 1. The largest absolute Gasteiger partial charge is 0.464 e. The first kappa shape index (κ1) is 20.3. The van der Waals surface area contributed by atoms with Gasteiger partial charge in [-0.3, -0.25) is 4.79 Å². The lowest BCUT2D eigenvalue weighted by molar-refractivity contribution is -0.147. The highest BCUT2D eigenvalue weighted by Gasteiger charge is 2.45. The quantitative estimate of drug-likeness (QED) is 0.496. The molecule has 1 aliphatic carbocycles. The molecular formula is C21H32ClNO2. The molecule has 1 N–H and O–H groups in total. The molecule has 1 unspecified atom stereocenters. The SMILES string of the molecule is CC(C)CC(NCCOC(=O)C(C)C)C1(c2ccc(Cl)cc2)CCC1. The van der Waals surface area contributed by atoms with E-state index in [-0.39, 0.29) is 17.3 Å². The maximum Gasteiger partial charge on any atom is 0.308 e. The highest BCUT2D eigenvalue weighted by molar-refractivity contribution is 6.30. The highest BCUT2D eigenvalue weighted by atomic mass is 35.5. The van der Waals surface area contributed by atoms with Crippen molar-refractivity contribution in [2.75, 3.05) is 13.2 Å². The minimum Gasteiger partial charge on any atom is -0.464 e. The van der Waals surface area contributed by atoms with Crippen molar-refractivity contribution >= 4 is 17.6 Å². The monoisotopic (exact) mass is 365 g/mol. The van der Waals surface area contributed by atoms with E-state index in [2.05, 4.69) is 31.3 Å². The minimum atomic E-state index is -0.127. The lowest BCUT2D eigenvalue weighted by Gasteiger charge is -2.49. The lowest BCUT2D eigenvalue weighted by Crippen LogP contribution is -2.54. The Morgan fingerprint density at radius 1 is 1.20 bits per heavy atom. The van der Waals surface area contributed by atoms with Crippen molar-refractivity contribution in [2.45, 2.75) is 64.8 Å². The third-order valence-corrected chi connectivity index (χ3v) is 5.50. The molecule has 0 bridgehead atoms. The zero-order chi connectivity index (χ0) is 18.4. The second kappa shape index (κ2) is 9.05. The van der Waals surface area contributed by atoms with E-state index in [1.165, 1.54) is 24.8 Å².